The molecule has 2 heterocycles. The molecule has 2 aliphatic heterocycles. The predicted molar refractivity (Wildman–Crippen MR) is 116 cm³/mol. The van der Waals surface area contributed by atoms with E-state index in [4.69, 9.17) is 0 Å². The van der Waals surface area contributed by atoms with E-state index in [0.717, 1.165) is 30.6 Å². The topological polar surface area (TPSA) is 57.7 Å². The molecule has 1 atom stereocenters. The fraction of sp³-hybridized carbons (Fsp3) is 0.435. The Bertz CT molecular complexity index is 988. The Morgan fingerprint density at radius 1 is 1.17 bits per heavy atom. The van der Waals surface area contributed by atoms with Crippen molar-refractivity contribution in [1.82, 2.24) is 4.90 Å². The first-order valence-electron chi connectivity index (χ1n) is 10.3. The fourth-order valence-corrected chi connectivity index (χ4v) is 6.18. The molecule has 29 heavy (non-hydrogen) atoms. The molecule has 154 valence electrons. The summed E-state index contributed by atoms with van der Waals surface area (Å²) in [5, 5.41) is 0. The second-order valence-electron chi connectivity index (χ2n) is 8.22. The lowest BCUT2D eigenvalue weighted by molar-refractivity contribution is -0.132. The summed E-state index contributed by atoms with van der Waals surface area (Å²) in [7, 11) is -3.06. The first kappa shape index (κ1) is 20.0. The SMILES string of the molecule is Cc1ccc2c(c1)CCCN2CC(=O)N(Cc1ccccc1)[C@@H]1CCS(=O)(=O)C1. The Morgan fingerprint density at radius 3 is 2.69 bits per heavy atom. The first-order valence-corrected chi connectivity index (χ1v) is 12.1. The second kappa shape index (κ2) is 8.19. The van der Waals surface area contributed by atoms with Gasteiger partial charge in [0.25, 0.3) is 0 Å². The fourth-order valence-electron chi connectivity index (χ4n) is 4.44. The minimum atomic E-state index is -3.06. The van der Waals surface area contributed by atoms with Crippen molar-refractivity contribution in [2.75, 3.05) is 29.5 Å². The highest BCUT2D eigenvalue weighted by Crippen LogP contribution is 2.28. The molecule has 0 aliphatic carbocycles. The van der Waals surface area contributed by atoms with Crippen molar-refractivity contribution < 1.29 is 13.2 Å². The lowest BCUT2D eigenvalue weighted by Gasteiger charge is -2.35. The van der Waals surface area contributed by atoms with E-state index in [9.17, 15) is 13.2 Å². The van der Waals surface area contributed by atoms with E-state index < -0.39 is 9.84 Å². The van der Waals surface area contributed by atoms with Crippen LogP contribution in [0.25, 0.3) is 0 Å². The number of hydrogen-bond acceptors (Lipinski definition) is 4. The number of rotatable bonds is 5. The summed E-state index contributed by atoms with van der Waals surface area (Å²) in [5.41, 5.74) is 4.69. The quantitative estimate of drug-likeness (QED) is 0.758. The molecule has 0 unspecified atom stereocenters. The third-order valence-electron chi connectivity index (χ3n) is 5.94. The van der Waals surface area contributed by atoms with Crippen molar-refractivity contribution >= 4 is 21.4 Å². The van der Waals surface area contributed by atoms with Gasteiger partial charge in [0.2, 0.25) is 5.91 Å². The van der Waals surface area contributed by atoms with Gasteiger partial charge >= 0.3 is 0 Å². The second-order valence-corrected chi connectivity index (χ2v) is 10.5. The maximum absolute atomic E-state index is 13.4. The van der Waals surface area contributed by atoms with E-state index in [1.54, 1.807) is 4.90 Å². The molecule has 1 amide bonds. The van der Waals surface area contributed by atoms with Crippen molar-refractivity contribution in [2.24, 2.45) is 0 Å². The van der Waals surface area contributed by atoms with Gasteiger partial charge in [0.1, 0.15) is 0 Å². The van der Waals surface area contributed by atoms with Gasteiger partial charge in [-0.05, 0) is 43.4 Å². The third-order valence-corrected chi connectivity index (χ3v) is 7.69. The van der Waals surface area contributed by atoms with E-state index in [1.807, 2.05) is 30.3 Å². The number of aryl methyl sites for hydroxylation is 2. The van der Waals surface area contributed by atoms with Crippen LogP contribution in [-0.2, 0) is 27.6 Å². The summed E-state index contributed by atoms with van der Waals surface area (Å²) < 4.78 is 24.1. The Kier molecular flexibility index (Phi) is 5.63. The molecule has 4 rings (SSSR count). The molecule has 5 nitrogen and oxygen atoms in total. The normalized spacial score (nSPS) is 20.3. The predicted octanol–water partition coefficient (Wildman–Crippen LogP) is 2.96. The first-order chi connectivity index (χ1) is 13.9. The van der Waals surface area contributed by atoms with Crippen LogP contribution in [0.3, 0.4) is 0 Å². The van der Waals surface area contributed by atoms with Gasteiger partial charge in [-0.1, -0.05) is 48.0 Å². The van der Waals surface area contributed by atoms with E-state index in [0.29, 0.717) is 19.5 Å². The molecular formula is C23H28N2O3S. The largest absolute Gasteiger partial charge is 0.362 e. The van der Waals surface area contributed by atoms with Gasteiger partial charge in [-0.3, -0.25) is 4.79 Å². The molecule has 2 aromatic rings. The van der Waals surface area contributed by atoms with Crippen LogP contribution < -0.4 is 4.90 Å². The number of benzene rings is 2. The molecule has 0 aromatic heterocycles. The van der Waals surface area contributed by atoms with E-state index >= 15 is 0 Å². The standard InChI is InChI=1S/C23H28N2O3S/c1-18-9-10-22-20(14-18)8-5-12-24(22)16-23(26)25(15-19-6-3-2-4-7-19)21-11-13-29(27,28)17-21/h2-4,6-7,9-10,14,21H,5,8,11-13,15-17H2,1H3/t21-/m1/s1. The van der Waals surface area contributed by atoms with Gasteiger partial charge < -0.3 is 9.80 Å². The van der Waals surface area contributed by atoms with Crippen LogP contribution in [0.15, 0.2) is 48.5 Å². The van der Waals surface area contributed by atoms with Crippen LogP contribution in [0.4, 0.5) is 5.69 Å². The van der Waals surface area contributed by atoms with Crippen molar-refractivity contribution in [3.05, 3.63) is 65.2 Å². The lowest BCUT2D eigenvalue weighted by Crippen LogP contribution is -2.47. The summed E-state index contributed by atoms with van der Waals surface area (Å²) in [6.07, 6.45) is 2.59. The highest BCUT2D eigenvalue weighted by atomic mass is 32.2. The Hall–Kier alpha value is -2.34. The zero-order valence-corrected chi connectivity index (χ0v) is 17.7. The van der Waals surface area contributed by atoms with Crippen LogP contribution >= 0.6 is 0 Å². The number of sulfone groups is 1. The summed E-state index contributed by atoms with van der Waals surface area (Å²) in [5.74, 6) is 0.244. The van der Waals surface area contributed by atoms with Crippen LogP contribution in [0, 0.1) is 6.92 Å². The number of carbonyl (C=O) groups excluding carboxylic acids is 1. The number of amides is 1. The number of hydrogen-bond donors (Lipinski definition) is 0. The zero-order valence-electron chi connectivity index (χ0n) is 16.9. The molecular weight excluding hydrogens is 384 g/mol. The molecule has 1 saturated heterocycles. The van der Waals surface area contributed by atoms with Gasteiger partial charge in [-0.15, -0.1) is 0 Å². The molecule has 6 heteroatoms. The summed E-state index contributed by atoms with van der Waals surface area (Å²) in [6, 6.07) is 16.0. The zero-order chi connectivity index (χ0) is 20.4. The van der Waals surface area contributed by atoms with E-state index in [2.05, 4.69) is 30.0 Å². The Balaban J connectivity index is 1.56. The molecule has 0 radical (unpaired) electrons. The van der Waals surface area contributed by atoms with Crippen molar-refractivity contribution in [3.8, 4) is 0 Å². The average Bonchev–Trinajstić information content (AvgIpc) is 3.06. The molecule has 0 bridgehead atoms. The maximum Gasteiger partial charge on any atom is 0.242 e. The van der Waals surface area contributed by atoms with Crippen molar-refractivity contribution in [3.63, 3.8) is 0 Å². The van der Waals surface area contributed by atoms with E-state index in [-0.39, 0.29) is 23.5 Å². The van der Waals surface area contributed by atoms with Crippen molar-refractivity contribution in [1.29, 1.82) is 0 Å². The highest BCUT2D eigenvalue weighted by Gasteiger charge is 2.35. The summed E-state index contributed by atoms with van der Waals surface area (Å²) in [6.45, 7) is 3.68. The van der Waals surface area contributed by atoms with Gasteiger partial charge in [-0.2, -0.15) is 0 Å². The van der Waals surface area contributed by atoms with Gasteiger partial charge in [-0.25, -0.2) is 8.42 Å². The third kappa shape index (κ3) is 4.64. The molecule has 2 aromatic carbocycles. The van der Waals surface area contributed by atoms with Gasteiger partial charge in [0.05, 0.1) is 18.1 Å². The minimum absolute atomic E-state index is 0.00405. The van der Waals surface area contributed by atoms with Gasteiger partial charge in [0.15, 0.2) is 9.84 Å². The Labute approximate surface area is 173 Å². The van der Waals surface area contributed by atoms with Crippen LogP contribution in [0.5, 0.6) is 0 Å². The van der Waals surface area contributed by atoms with Crippen LogP contribution in [0.1, 0.15) is 29.5 Å². The molecule has 0 N–H and O–H groups in total. The molecule has 0 saturated carbocycles. The van der Waals surface area contributed by atoms with Crippen LogP contribution in [-0.4, -0.2) is 49.9 Å². The van der Waals surface area contributed by atoms with Crippen LogP contribution in [0.2, 0.25) is 0 Å². The minimum Gasteiger partial charge on any atom is -0.362 e. The van der Waals surface area contributed by atoms with Gasteiger partial charge in [0, 0.05) is 24.8 Å². The van der Waals surface area contributed by atoms with E-state index in [1.165, 1.54) is 11.1 Å². The highest BCUT2D eigenvalue weighted by molar-refractivity contribution is 7.91. The average molecular weight is 413 g/mol. The molecule has 2 aliphatic rings. The number of fused-ring (bicyclic) bond motifs is 1. The number of anilines is 1. The Morgan fingerprint density at radius 2 is 1.97 bits per heavy atom. The summed E-state index contributed by atoms with van der Waals surface area (Å²) in [4.78, 5) is 17.3. The lowest BCUT2D eigenvalue weighted by atomic mass is 9.99. The molecule has 0 spiro atoms. The van der Waals surface area contributed by atoms with Crippen molar-refractivity contribution in [2.45, 2.75) is 38.8 Å². The monoisotopic (exact) mass is 412 g/mol. The molecule has 1 fully saturated rings. The smallest absolute Gasteiger partial charge is 0.242 e. The summed E-state index contributed by atoms with van der Waals surface area (Å²) >= 11 is 0. The number of nitrogens with zero attached hydrogens (tertiary/aromatic N) is 2. The number of carbonyl (C=O) groups is 1. The maximum atomic E-state index is 13.4.